The molecule has 0 spiro atoms. The van der Waals surface area contributed by atoms with Crippen LogP contribution < -0.4 is 10.6 Å². The Hall–Kier alpha value is -0.280. The number of hydrogen-bond acceptors (Lipinski definition) is 2. The predicted octanol–water partition coefficient (Wildman–Crippen LogP) is 2.74. The molecule has 0 radical (unpaired) electrons. The Bertz CT molecular complexity index is 277. The lowest BCUT2D eigenvalue weighted by molar-refractivity contribution is -0.127. The molecule has 0 aromatic heterocycles. The van der Waals surface area contributed by atoms with E-state index in [1.54, 1.807) is 0 Å². The molecule has 2 N–H and O–H groups in total. The minimum Gasteiger partial charge on any atom is -0.353 e. The van der Waals surface area contributed by atoms with Crippen LogP contribution in [0.2, 0.25) is 0 Å². The average Bonchev–Trinajstić information content (AvgIpc) is 2.40. The van der Waals surface area contributed by atoms with E-state index >= 15 is 0 Å². The second kappa shape index (κ2) is 8.11. The maximum absolute atomic E-state index is 12.3. The Kier molecular flexibility index (Phi) is 7.16. The number of piperidine rings is 1. The molecule has 2 aliphatic rings. The first kappa shape index (κ1) is 16.8. The van der Waals surface area contributed by atoms with E-state index in [1.165, 1.54) is 25.7 Å². The third-order valence-corrected chi connectivity index (χ3v) is 4.67. The van der Waals surface area contributed by atoms with Crippen molar-refractivity contribution < 1.29 is 4.79 Å². The fourth-order valence-corrected chi connectivity index (χ4v) is 3.51. The molecule has 0 aromatic carbocycles. The summed E-state index contributed by atoms with van der Waals surface area (Å²) in [5, 5.41) is 6.67. The van der Waals surface area contributed by atoms with Crippen molar-refractivity contribution in [2.75, 3.05) is 13.1 Å². The molecule has 4 heteroatoms. The van der Waals surface area contributed by atoms with Gasteiger partial charge < -0.3 is 10.6 Å². The van der Waals surface area contributed by atoms with Crippen molar-refractivity contribution in [3.63, 3.8) is 0 Å². The van der Waals surface area contributed by atoms with Gasteiger partial charge in [-0.15, -0.1) is 12.4 Å². The van der Waals surface area contributed by atoms with Crippen LogP contribution in [0.3, 0.4) is 0 Å². The third-order valence-electron chi connectivity index (χ3n) is 4.67. The molecule has 0 aromatic rings. The molecular formula is C15H29ClN2O. The summed E-state index contributed by atoms with van der Waals surface area (Å²) < 4.78 is 0. The smallest absolute Gasteiger partial charge is 0.224 e. The van der Waals surface area contributed by atoms with E-state index < -0.39 is 0 Å². The van der Waals surface area contributed by atoms with Crippen molar-refractivity contribution in [3.05, 3.63) is 0 Å². The molecule has 112 valence electrons. The summed E-state index contributed by atoms with van der Waals surface area (Å²) in [7, 11) is 0. The van der Waals surface area contributed by atoms with Crippen LogP contribution in [0.15, 0.2) is 0 Å². The van der Waals surface area contributed by atoms with E-state index in [-0.39, 0.29) is 18.3 Å². The minimum absolute atomic E-state index is 0. The molecule has 19 heavy (non-hydrogen) atoms. The van der Waals surface area contributed by atoms with Crippen LogP contribution in [-0.2, 0) is 4.79 Å². The van der Waals surface area contributed by atoms with Gasteiger partial charge in [-0.05, 0) is 44.1 Å². The number of carbonyl (C=O) groups is 1. The number of nitrogens with one attached hydrogen (secondary N) is 2. The van der Waals surface area contributed by atoms with E-state index in [0.717, 1.165) is 25.9 Å². The Balaban J connectivity index is 0.00000180. The van der Waals surface area contributed by atoms with Gasteiger partial charge in [0.05, 0.1) is 5.92 Å². The van der Waals surface area contributed by atoms with Crippen LogP contribution in [0, 0.1) is 17.8 Å². The van der Waals surface area contributed by atoms with Gasteiger partial charge >= 0.3 is 0 Å². The first-order chi connectivity index (χ1) is 8.68. The number of hydrogen-bond donors (Lipinski definition) is 2. The molecule has 1 saturated carbocycles. The Morgan fingerprint density at radius 2 is 1.89 bits per heavy atom. The Morgan fingerprint density at radius 3 is 2.53 bits per heavy atom. The highest BCUT2D eigenvalue weighted by atomic mass is 35.5. The van der Waals surface area contributed by atoms with Gasteiger partial charge in [-0.1, -0.05) is 26.7 Å². The Morgan fingerprint density at radius 1 is 1.16 bits per heavy atom. The minimum atomic E-state index is 0. The molecule has 3 unspecified atom stereocenters. The largest absolute Gasteiger partial charge is 0.353 e. The highest BCUT2D eigenvalue weighted by Crippen LogP contribution is 2.30. The number of carbonyl (C=O) groups excluding carboxylic acids is 1. The molecule has 1 aliphatic carbocycles. The fourth-order valence-electron chi connectivity index (χ4n) is 3.51. The molecule has 1 aliphatic heterocycles. The molecule has 0 bridgehead atoms. The number of amides is 1. The second-order valence-electron chi connectivity index (χ2n) is 6.35. The summed E-state index contributed by atoms with van der Waals surface area (Å²) in [6, 6.07) is 0.424. The third kappa shape index (κ3) is 4.64. The van der Waals surface area contributed by atoms with E-state index in [9.17, 15) is 4.79 Å². The normalized spacial score (nSPS) is 31.6. The van der Waals surface area contributed by atoms with E-state index in [1.807, 2.05) is 0 Å². The highest BCUT2D eigenvalue weighted by Gasteiger charge is 2.30. The SMILES string of the molecule is CC(C)C1CCCCC1NC(=O)C1CCCNC1.Cl. The van der Waals surface area contributed by atoms with Crippen molar-refractivity contribution in [2.24, 2.45) is 17.8 Å². The lowest BCUT2D eigenvalue weighted by Gasteiger charge is -2.36. The predicted molar refractivity (Wildman–Crippen MR) is 81.6 cm³/mol. The van der Waals surface area contributed by atoms with Gasteiger partial charge in [-0.2, -0.15) is 0 Å². The van der Waals surface area contributed by atoms with E-state index in [2.05, 4.69) is 24.5 Å². The van der Waals surface area contributed by atoms with Gasteiger partial charge in [0.2, 0.25) is 5.91 Å². The fraction of sp³-hybridized carbons (Fsp3) is 0.933. The van der Waals surface area contributed by atoms with Gasteiger partial charge in [0.25, 0.3) is 0 Å². The van der Waals surface area contributed by atoms with Crippen molar-refractivity contribution >= 4 is 18.3 Å². The zero-order chi connectivity index (χ0) is 13.0. The maximum Gasteiger partial charge on any atom is 0.224 e. The van der Waals surface area contributed by atoms with Crippen molar-refractivity contribution in [1.82, 2.24) is 10.6 Å². The van der Waals surface area contributed by atoms with Gasteiger partial charge in [0.15, 0.2) is 0 Å². The van der Waals surface area contributed by atoms with Crippen LogP contribution in [0.4, 0.5) is 0 Å². The van der Waals surface area contributed by atoms with Crippen LogP contribution in [0.1, 0.15) is 52.4 Å². The van der Waals surface area contributed by atoms with Gasteiger partial charge in [-0.25, -0.2) is 0 Å². The monoisotopic (exact) mass is 288 g/mol. The molecule has 3 nitrogen and oxygen atoms in total. The zero-order valence-electron chi connectivity index (χ0n) is 12.3. The molecule has 1 saturated heterocycles. The topological polar surface area (TPSA) is 41.1 Å². The molecule has 2 rings (SSSR count). The van der Waals surface area contributed by atoms with E-state index in [0.29, 0.717) is 23.8 Å². The van der Waals surface area contributed by atoms with Crippen molar-refractivity contribution in [1.29, 1.82) is 0 Å². The Labute approximate surface area is 123 Å². The molecule has 1 amide bonds. The van der Waals surface area contributed by atoms with Gasteiger partial charge in [0.1, 0.15) is 0 Å². The molecule has 2 fully saturated rings. The zero-order valence-corrected chi connectivity index (χ0v) is 13.1. The number of halogens is 1. The van der Waals surface area contributed by atoms with Gasteiger partial charge in [-0.3, -0.25) is 4.79 Å². The van der Waals surface area contributed by atoms with Gasteiger partial charge in [0, 0.05) is 12.6 Å². The van der Waals surface area contributed by atoms with E-state index in [4.69, 9.17) is 0 Å². The van der Waals surface area contributed by atoms with Crippen LogP contribution in [-0.4, -0.2) is 25.0 Å². The summed E-state index contributed by atoms with van der Waals surface area (Å²) in [5.74, 6) is 1.85. The summed E-state index contributed by atoms with van der Waals surface area (Å²) >= 11 is 0. The highest BCUT2D eigenvalue weighted by molar-refractivity contribution is 5.85. The standard InChI is InChI=1S/C15H28N2O.ClH/c1-11(2)13-7-3-4-8-14(13)17-15(18)12-6-5-9-16-10-12;/h11-14,16H,3-10H2,1-2H3,(H,17,18);1H. The number of rotatable bonds is 3. The summed E-state index contributed by atoms with van der Waals surface area (Å²) in [4.78, 5) is 12.3. The average molecular weight is 289 g/mol. The van der Waals surface area contributed by atoms with Crippen LogP contribution in [0.5, 0.6) is 0 Å². The molecular weight excluding hydrogens is 260 g/mol. The van der Waals surface area contributed by atoms with Crippen molar-refractivity contribution in [2.45, 2.75) is 58.4 Å². The quantitative estimate of drug-likeness (QED) is 0.838. The molecule has 3 atom stereocenters. The summed E-state index contributed by atoms with van der Waals surface area (Å²) in [6.07, 6.45) is 7.26. The van der Waals surface area contributed by atoms with Crippen molar-refractivity contribution in [3.8, 4) is 0 Å². The summed E-state index contributed by atoms with van der Waals surface area (Å²) in [6.45, 7) is 6.52. The first-order valence-electron chi connectivity index (χ1n) is 7.69. The summed E-state index contributed by atoms with van der Waals surface area (Å²) in [5.41, 5.74) is 0. The lowest BCUT2D eigenvalue weighted by atomic mass is 9.77. The maximum atomic E-state index is 12.3. The van der Waals surface area contributed by atoms with Crippen LogP contribution >= 0.6 is 12.4 Å². The lowest BCUT2D eigenvalue weighted by Crippen LogP contribution is -2.48. The first-order valence-corrected chi connectivity index (χ1v) is 7.69. The second-order valence-corrected chi connectivity index (χ2v) is 6.35. The van der Waals surface area contributed by atoms with Crippen LogP contribution in [0.25, 0.3) is 0 Å². The molecule has 1 heterocycles.